The summed E-state index contributed by atoms with van der Waals surface area (Å²) in [6.07, 6.45) is 1.44. The molecular weight excluding hydrogens is 464 g/mol. The summed E-state index contributed by atoms with van der Waals surface area (Å²) < 4.78 is 13.2. The van der Waals surface area contributed by atoms with Crippen LogP contribution in [-0.2, 0) is 22.6 Å². The lowest BCUT2D eigenvalue weighted by molar-refractivity contribution is -0.276. The van der Waals surface area contributed by atoms with Gasteiger partial charge in [-0.2, -0.15) is 0 Å². The van der Waals surface area contributed by atoms with Crippen molar-refractivity contribution < 1.29 is 19.7 Å². The van der Waals surface area contributed by atoms with E-state index in [0.29, 0.717) is 6.54 Å². The Morgan fingerprint density at radius 2 is 1.65 bits per heavy atom. The van der Waals surface area contributed by atoms with Crippen molar-refractivity contribution in [2.24, 2.45) is 11.7 Å². The number of hydrogen-bond donors (Lipinski definition) is 3. The van der Waals surface area contributed by atoms with Crippen LogP contribution in [0.3, 0.4) is 0 Å². The van der Waals surface area contributed by atoms with Gasteiger partial charge in [-0.05, 0) is 53.3 Å². The molecule has 0 unspecified atom stereocenters. The summed E-state index contributed by atoms with van der Waals surface area (Å²) in [5, 5.41) is 19.3. The molecule has 0 aliphatic carbocycles. The zero-order valence-electron chi connectivity index (χ0n) is 21.5. The third-order valence-electron chi connectivity index (χ3n) is 7.93. The lowest BCUT2D eigenvalue weighted by atomic mass is 9.89. The van der Waals surface area contributed by atoms with E-state index in [1.165, 1.54) is 0 Å². The zero-order chi connectivity index (χ0) is 25.8. The number of rotatable bonds is 8. The molecular formula is C31H38N2O4. The van der Waals surface area contributed by atoms with Gasteiger partial charge in [0, 0.05) is 30.6 Å². The van der Waals surface area contributed by atoms with Gasteiger partial charge in [0.25, 0.3) is 0 Å². The fourth-order valence-corrected chi connectivity index (χ4v) is 5.61. The Bertz CT molecular complexity index is 1150. The number of aliphatic hydroxyl groups is 2. The molecule has 0 bridgehead atoms. The molecule has 3 aromatic rings. The first kappa shape index (κ1) is 26.0. The van der Waals surface area contributed by atoms with E-state index in [9.17, 15) is 10.2 Å². The van der Waals surface area contributed by atoms with Crippen LogP contribution >= 0.6 is 0 Å². The molecule has 5 rings (SSSR count). The molecule has 6 heteroatoms. The molecule has 0 saturated carbocycles. The minimum atomic E-state index is -0.497. The summed E-state index contributed by atoms with van der Waals surface area (Å²) in [7, 11) is 0. The van der Waals surface area contributed by atoms with Gasteiger partial charge >= 0.3 is 0 Å². The van der Waals surface area contributed by atoms with E-state index >= 15 is 0 Å². The predicted molar refractivity (Wildman–Crippen MR) is 144 cm³/mol. The highest BCUT2D eigenvalue weighted by Crippen LogP contribution is 2.42. The van der Waals surface area contributed by atoms with Crippen LogP contribution in [0.1, 0.15) is 54.4 Å². The number of nitrogens with zero attached hydrogens (tertiary/aromatic N) is 1. The Morgan fingerprint density at radius 3 is 2.35 bits per heavy atom. The first-order chi connectivity index (χ1) is 18.1. The van der Waals surface area contributed by atoms with E-state index in [-0.39, 0.29) is 37.4 Å². The fourth-order valence-electron chi connectivity index (χ4n) is 5.61. The summed E-state index contributed by atoms with van der Waals surface area (Å²) in [4.78, 5) is 2.36. The largest absolute Gasteiger partial charge is 0.395 e. The van der Waals surface area contributed by atoms with Crippen molar-refractivity contribution in [3.63, 3.8) is 0 Å². The average molecular weight is 503 g/mol. The second-order valence-electron chi connectivity index (χ2n) is 10.3. The molecule has 2 aliphatic rings. The summed E-state index contributed by atoms with van der Waals surface area (Å²) in [6, 6.07) is 24.9. The van der Waals surface area contributed by atoms with Crippen molar-refractivity contribution in [3.8, 4) is 11.1 Å². The molecule has 37 heavy (non-hydrogen) atoms. The van der Waals surface area contributed by atoms with Gasteiger partial charge in [-0.25, -0.2) is 0 Å². The minimum Gasteiger partial charge on any atom is -0.395 e. The Balaban J connectivity index is 1.40. The van der Waals surface area contributed by atoms with Crippen LogP contribution in [0.2, 0.25) is 0 Å². The average Bonchev–Trinajstić information content (AvgIpc) is 3.41. The highest BCUT2D eigenvalue weighted by molar-refractivity contribution is 5.64. The van der Waals surface area contributed by atoms with Crippen LogP contribution in [-0.4, -0.2) is 47.0 Å². The lowest BCUT2D eigenvalue weighted by Gasteiger charge is -2.43. The maximum Gasteiger partial charge on any atom is 0.184 e. The Morgan fingerprint density at radius 1 is 0.892 bits per heavy atom. The molecule has 2 fully saturated rings. The van der Waals surface area contributed by atoms with Gasteiger partial charge in [0.15, 0.2) is 6.29 Å². The fraction of sp³-hybridized carbons (Fsp3) is 0.419. The van der Waals surface area contributed by atoms with E-state index in [4.69, 9.17) is 15.2 Å². The number of ether oxygens (including phenoxy) is 2. The van der Waals surface area contributed by atoms with Gasteiger partial charge in [0.05, 0.1) is 25.4 Å². The SMILES string of the molecule is C[C@H]1[C@@H](CN2CCC[C@H]2CO)O[C@@H](c2ccc(-c3cccc(CN)c3)cc2)O[C@H]1c1ccc(CO)cc1. The van der Waals surface area contributed by atoms with Crippen LogP contribution in [0, 0.1) is 5.92 Å². The van der Waals surface area contributed by atoms with Gasteiger partial charge < -0.3 is 25.4 Å². The number of benzene rings is 3. The maximum absolute atomic E-state index is 9.86. The van der Waals surface area contributed by atoms with E-state index in [2.05, 4.69) is 48.2 Å². The maximum atomic E-state index is 9.86. The second kappa shape index (κ2) is 11.9. The Labute approximate surface area is 219 Å². The number of nitrogens with two attached hydrogens (primary N) is 1. The van der Waals surface area contributed by atoms with Crippen LogP contribution in [0.5, 0.6) is 0 Å². The molecule has 2 heterocycles. The van der Waals surface area contributed by atoms with Crippen LogP contribution in [0.4, 0.5) is 0 Å². The molecule has 3 aromatic carbocycles. The third kappa shape index (κ3) is 5.80. The first-order valence-corrected chi connectivity index (χ1v) is 13.3. The van der Waals surface area contributed by atoms with Gasteiger partial charge in [0.1, 0.15) is 0 Å². The molecule has 6 nitrogen and oxygen atoms in total. The molecule has 4 N–H and O–H groups in total. The highest BCUT2D eigenvalue weighted by Gasteiger charge is 2.40. The molecule has 0 amide bonds. The predicted octanol–water partition coefficient (Wildman–Crippen LogP) is 4.55. The van der Waals surface area contributed by atoms with Crippen molar-refractivity contribution in [1.29, 1.82) is 0 Å². The van der Waals surface area contributed by atoms with E-state index in [1.807, 2.05) is 36.4 Å². The highest BCUT2D eigenvalue weighted by atomic mass is 16.7. The lowest BCUT2D eigenvalue weighted by Crippen LogP contribution is -2.46. The first-order valence-electron chi connectivity index (χ1n) is 13.3. The summed E-state index contributed by atoms with van der Waals surface area (Å²) in [6.45, 7) is 4.65. The van der Waals surface area contributed by atoms with Gasteiger partial charge in [0.2, 0.25) is 0 Å². The molecule has 0 spiro atoms. The number of aliphatic hydroxyl groups excluding tert-OH is 2. The molecule has 0 aromatic heterocycles. The van der Waals surface area contributed by atoms with E-state index in [1.54, 1.807) is 0 Å². The topological polar surface area (TPSA) is 88.2 Å². The second-order valence-corrected chi connectivity index (χ2v) is 10.3. The van der Waals surface area contributed by atoms with Crippen molar-refractivity contribution >= 4 is 0 Å². The van der Waals surface area contributed by atoms with E-state index in [0.717, 1.165) is 59.3 Å². The zero-order valence-corrected chi connectivity index (χ0v) is 21.5. The third-order valence-corrected chi connectivity index (χ3v) is 7.93. The molecule has 196 valence electrons. The van der Waals surface area contributed by atoms with E-state index < -0.39 is 6.29 Å². The standard InChI is InChI=1S/C31H38N2O4/c1-21-29(18-33-15-3-6-28(33)20-35)36-31(37-30(21)25-9-7-22(19-34)8-10-25)26-13-11-24(12-14-26)27-5-2-4-23(16-27)17-32/h2,4-5,7-14,16,21,28-31,34-35H,3,6,15,17-20,32H2,1H3/t21-,28-,29+,30+,31+/m0/s1. The Hall–Kier alpha value is -2.58. The molecule has 0 radical (unpaired) electrons. The number of hydrogen-bond acceptors (Lipinski definition) is 6. The van der Waals surface area contributed by atoms with Crippen LogP contribution < -0.4 is 5.73 Å². The number of likely N-dealkylation sites (tertiary alicyclic amines) is 1. The Kier molecular flexibility index (Phi) is 8.35. The van der Waals surface area contributed by atoms with Crippen molar-refractivity contribution in [1.82, 2.24) is 4.90 Å². The van der Waals surface area contributed by atoms with Crippen molar-refractivity contribution in [3.05, 3.63) is 95.1 Å². The minimum absolute atomic E-state index is 0.0216. The monoisotopic (exact) mass is 502 g/mol. The van der Waals surface area contributed by atoms with Gasteiger partial charge in [-0.1, -0.05) is 73.7 Å². The van der Waals surface area contributed by atoms with Crippen LogP contribution in [0.25, 0.3) is 11.1 Å². The van der Waals surface area contributed by atoms with Gasteiger partial charge in [-0.15, -0.1) is 0 Å². The van der Waals surface area contributed by atoms with Crippen molar-refractivity contribution in [2.45, 2.75) is 57.5 Å². The smallest absolute Gasteiger partial charge is 0.184 e. The normalized spacial score (nSPS) is 26.4. The summed E-state index contributed by atoms with van der Waals surface area (Å²) in [5.41, 5.74) is 12.1. The summed E-state index contributed by atoms with van der Waals surface area (Å²) in [5.74, 6) is 0.120. The molecule has 2 aliphatic heterocycles. The molecule has 5 atom stereocenters. The quantitative estimate of drug-likeness (QED) is 0.419. The van der Waals surface area contributed by atoms with Gasteiger partial charge in [-0.3, -0.25) is 4.90 Å². The van der Waals surface area contributed by atoms with Crippen molar-refractivity contribution in [2.75, 3.05) is 19.7 Å². The molecule has 2 saturated heterocycles. The summed E-state index contributed by atoms with van der Waals surface area (Å²) >= 11 is 0. The van der Waals surface area contributed by atoms with Crippen LogP contribution in [0.15, 0.2) is 72.8 Å².